The molecule has 0 aliphatic rings. The molecule has 3 aromatic heterocycles. The second-order valence-corrected chi connectivity index (χ2v) is 6.31. The summed E-state index contributed by atoms with van der Waals surface area (Å²) in [6.45, 7) is 0. The number of H-pyrrole nitrogens is 2. The maximum Gasteiger partial charge on any atom is 0.184 e. The van der Waals surface area contributed by atoms with Crippen molar-refractivity contribution >= 4 is 9.84 Å². The van der Waals surface area contributed by atoms with Gasteiger partial charge in [0.25, 0.3) is 0 Å². The molecule has 3 heterocycles. The van der Waals surface area contributed by atoms with Crippen LogP contribution in [0.15, 0.2) is 53.9 Å². The van der Waals surface area contributed by atoms with Crippen LogP contribution in [0.3, 0.4) is 0 Å². The molecule has 0 saturated carbocycles. The van der Waals surface area contributed by atoms with Gasteiger partial charge in [0.2, 0.25) is 0 Å². The van der Waals surface area contributed by atoms with E-state index in [-0.39, 0.29) is 10.6 Å². The van der Waals surface area contributed by atoms with Gasteiger partial charge in [0.05, 0.1) is 16.3 Å². The van der Waals surface area contributed by atoms with Crippen LogP contribution in [0.2, 0.25) is 0 Å². The van der Waals surface area contributed by atoms with E-state index in [4.69, 9.17) is 0 Å². The van der Waals surface area contributed by atoms with Crippen molar-refractivity contribution in [1.82, 2.24) is 20.2 Å². The summed E-state index contributed by atoms with van der Waals surface area (Å²) in [6.07, 6.45) is 6.33. The fourth-order valence-electron chi connectivity index (χ4n) is 1.89. The number of nitrogens with one attached hydrogen (secondary N) is 2. The van der Waals surface area contributed by atoms with Gasteiger partial charge in [-0.25, -0.2) is 8.42 Å². The topological polar surface area (TPSA) is 91.5 Å². The Labute approximate surface area is 115 Å². The number of hydrogen-bond acceptors (Lipinski definition) is 4. The molecule has 3 aromatic rings. The zero-order chi connectivity index (χ0) is 14.0. The Morgan fingerprint density at radius 3 is 2.65 bits per heavy atom. The Hall–Kier alpha value is -2.41. The Bertz CT molecular complexity index is 792. The smallest absolute Gasteiger partial charge is 0.184 e. The molecule has 0 fully saturated rings. The highest BCUT2D eigenvalue weighted by Gasteiger charge is 2.18. The molecule has 0 unspecified atom stereocenters. The summed E-state index contributed by atoms with van der Waals surface area (Å²) in [5, 5.41) is 6.70. The van der Waals surface area contributed by atoms with Crippen molar-refractivity contribution in [1.29, 1.82) is 0 Å². The predicted molar refractivity (Wildman–Crippen MR) is 73.5 cm³/mol. The second kappa shape index (κ2) is 4.93. The average Bonchev–Trinajstić information content (AvgIpc) is 3.11. The van der Waals surface area contributed by atoms with Gasteiger partial charge in [-0.15, -0.1) is 0 Å². The van der Waals surface area contributed by atoms with E-state index in [1.54, 1.807) is 42.9 Å². The van der Waals surface area contributed by atoms with E-state index in [1.807, 2.05) is 0 Å². The molecule has 0 bridgehead atoms. The zero-order valence-electron chi connectivity index (χ0n) is 10.4. The van der Waals surface area contributed by atoms with E-state index >= 15 is 0 Å². The number of rotatable bonds is 4. The number of hydrogen-bond donors (Lipinski definition) is 2. The molecule has 0 atom stereocenters. The lowest BCUT2D eigenvalue weighted by Gasteiger charge is -2.01. The highest BCUT2D eigenvalue weighted by atomic mass is 32.2. The van der Waals surface area contributed by atoms with Crippen LogP contribution in [-0.4, -0.2) is 28.6 Å². The summed E-state index contributed by atoms with van der Waals surface area (Å²) >= 11 is 0. The third-order valence-corrected chi connectivity index (χ3v) is 4.57. The highest BCUT2D eigenvalue weighted by Crippen LogP contribution is 2.22. The van der Waals surface area contributed by atoms with Gasteiger partial charge in [0.15, 0.2) is 9.84 Å². The largest absolute Gasteiger partial charge is 0.359 e. The standard InChI is InChI=1S/C13H12N4O2S/c18-20(19,9-10-1-4-14-5-2-10)11-7-13(15-8-11)12-3-6-16-17-12/h1-8,15H,9H2,(H,16,17). The van der Waals surface area contributed by atoms with Crippen molar-refractivity contribution in [2.45, 2.75) is 10.6 Å². The number of pyridine rings is 1. The fraction of sp³-hybridized carbons (Fsp3) is 0.0769. The monoisotopic (exact) mass is 288 g/mol. The van der Waals surface area contributed by atoms with Gasteiger partial charge < -0.3 is 4.98 Å². The van der Waals surface area contributed by atoms with Gasteiger partial charge in [0.1, 0.15) is 5.69 Å². The third-order valence-electron chi connectivity index (χ3n) is 2.90. The lowest BCUT2D eigenvalue weighted by atomic mass is 10.3. The Kier molecular flexibility index (Phi) is 3.11. The summed E-state index contributed by atoms with van der Waals surface area (Å²) in [5.74, 6) is -0.0482. The molecule has 20 heavy (non-hydrogen) atoms. The van der Waals surface area contributed by atoms with Gasteiger partial charge in [-0.1, -0.05) is 0 Å². The maximum absolute atomic E-state index is 12.3. The zero-order valence-corrected chi connectivity index (χ0v) is 11.3. The first-order valence-corrected chi connectivity index (χ1v) is 7.60. The van der Waals surface area contributed by atoms with Crippen LogP contribution in [0.5, 0.6) is 0 Å². The minimum atomic E-state index is -3.38. The summed E-state index contributed by atoms with van der Waals surface area (Å²) in [5.41, 5.74) is 2.05. The van der Waals surface area contributed by atoms with Crippen LogP contribution < -0.4 is 0 Å². The van der Waals surface area contributed by atoms with E-state index in [0.717, 1.165) is 0 Å². The van der Waals surface area contributed by atoms with E-state index in [1.165, 1.54) is 6.20 Å². The van der Waals surface area contributed by atoms with Crippen molar-refractivity contribution in [3.63, 3.8) is 0 Å². The van der Waals surface area contributed by atoms with E-state index < -0.39 is 9.84 Å². The number of sulfone groups is 1. The van der Waals surface area contributed by atoms with Crippen molar-refractivity contribution in [3.05, 3.63) is 54.6 Å². The molecule has 3 rings (SSSR count). The number of nitrogens with zero attached hydrogens (tertiary/aromatic N) is 2. The van der Waals surface area contributed by atoms with Crippen molar-refractivity contribution in [2.24, 2.45) is 0 Å². The highest BCUT2D eigenvalue weighted by molar-refractivity contribution is 7.90. The van der Waals surface area contributed by atoms with Crippen molar-refractivity contribution < 1.29 is 8.42 Å². The van der Waals surface area contributed by atoms with Gasteiger partial charge in [0, 0.05) is 24.8 Å². The first kappa shape index (κ1) is 12.6. The van der Waals surface area contributed by atoms with Crippen molar-refractivity contribution in [2.75, 3.05) is 0 Å². The molecular formula is C13H12N4O2S. The fourth-order valence-corrected chi connectivity index (χ4v) is 3.23. The molecule has 0 saturated heterocycles. The lowest BCUT2D eigenvalue weighted by Crippen LogP contribution is -2.03. The predicted octanol–water partition coefficient (Wildman–Crippen LogP) is 1.77. The molecule has 0 aromatic carbocycles. The summed E-state index contributed by atoms with van der Waals surface area (Å²) in [7, 11) is -3.38. The molecule has 0 aliphatic heterocycles. The third kappa shape index (κ3) is 2.48. The molecule has 0 amide bonds. The number of aromatic nitrogens is 4. The van der Waals surface area contributed by atoms with Crippen LogP contribution in [0.25, 0.3) is 11.4 Å². The maximum atomic E-state index is 12.3. The summed E-state index contributed by atoms with van der Waals surface area (Å²) in [4.78, 5) is 7.06. The molecule has 2 N–H and O–H groups in total. The summed E-state index contributed by atoms with van der Waals surface area (Å²) in [6, 6.07) is 6.75. The first-order valence-electron chi connectivity index (χ1n) is 5.95. The molecule has 7 heteroatoms. The van der Waals surface area contributed by atoms with Crippen molar-refractivity contribution in [3.8, 4) is 11.4 Å². The molecule has 0 radical (unpaired) electrons. The molecule has 0 aliphatic carbocycles. The lowest BCUT2D eigenvalue weighted by molar-refractivity contribution is 0.595. The normalized spacial score (nSPS) is 11.6. The Morgan fingerprint density at radius 2 is 1.95 bits per heavy atom. The molecule has 6 nitrogen and oxygen atoms in total. The van der Waals surface area contributed by atoms with Crippen LogP contribution in [0.1, 0.15) is 5.56 Å². The van der Waals surface area contributed by atoms with Crippen LogP contribution in [0.4, 0.5) is 0 Å². The van der Waals surface area contributed by atoms with Gasteiger partial charge in [-0.2, -0.15) is 5.10 Å². The molecular weight excluding hydrogens is 276 g/mol. The quantitative estimate of drug-likeness (QED) is 0.765. The van der Waals surface area contributed by atoms with Crippen LogP contribution in [0, 0.1) is 0 Å². The Morgan fingerprint density at radius 1 is 1.15 bits per heavy atom. The van der Waals surface area contributed by atoms with Gasteiger partial charge >= 0.3 is 0 Å². The second-order valence-electron chi connectivity index (χ2n) is 4.32. The van der Waals surface area contributed by atoms with Crippen LogP contribution >= 0.6 is 0 Å². The van der Waals surface area contributed by atoms with E-state index in [2.05, 4.69) is 20.2 Å². The average molecular weight is 288 g/mol. The number of aromatic amines is 2. The minimum Gasteiger partial charge on any atom is -0.359 e. The van der Waals surface area contributed by atoms with E-state index in [0.29, 0.717) is 17.0 Å². The first-order chi connectivity index (χ1) is 9.65. The van der Waals surface area contributed by atoms with Gasteiger partial charge in [-0.05, 0) is 29.8 Å². The minimum absolute atomic E-state index is 0.0482. The molecule has 102 valence electrons. The van der Waals surface area contributed by atoms with Gasteiger partial charge in [-0.3, -0.25) is 10.1 Å². The molecule has 0 spiro atoms. The van der Waals surface area contributed by atoms with Crippen LogP contribution in [-0.2, 0) is 15.6 Å². The van der Waals surface area contributed by atoms with E-state index in [9.17, 15) is 8.42 Å². The SMILES string of the molecule is O=S(=O)(Cc1ccncc1)c1c[nH]c(-c2cc[nH]n2)c1. The Balaban J connectivity index is 1.89. The summed E-state index contributed by atoms with van der Waals surface area (Å²) < 4.78 is 24.6.